The van der Waals surface area contributed by atoms with Crippen LogP contribution >= 0.6 is 0 Å². The van der Waals surface area contributed by atoms with E-state index in [4.69, 9.17) is 5.11 Å². The van der Waals surface area contributed by atoms with E-state index >= 15 is 0 Å². The molecular formula is C14H12F2N2O2. The highest BCUT2D eigenvalue weighted by Crippen LogP contribution is 2.14. The minimum atomic E-state index is -1.31. The highest BCUT2D eigenvalue weighted by Gasteiger charge is 2.16. The number of pyridine rings is 1. The summed E-state index contributed by atoms with van der Waals surface area (Å²) >= 11 is 0. The number of rotatable bonds is 4. The van der Waals surface area contributed by atoms with Crippen LogP contribution in [-0.2, 0) is 6.42 Å². The fourth-order valence-electron chi connectivity index (χ4n) is 1.68. The molecule has 0 saturated heterocycles. The molecule has 0 aliphatic heterocycles. The van der Waals surface area contributed by atoms with Crippen molar-refractivity contribution in [2.75, 3.05) is 11.9 Å². The summed E-state index contributed by atoms with van der Waals surface area (Å²) in [6, 6.07) is 7.81. The maximum atomic E-state index is 13.4. The molecule has 0 bridgehead atoms. The molecule has 0 aliphatic rings. The Balaban J connectivity index is 2.13. The molecule has 1 aromatic carbocycles. The lowest BCUT2D eigenvalue weighted by Crippen LogP contribution is -2.15. The Kier molecular flexibility index (Phi) is 4.37. The largest absolute Gasteiger partial charge is 0.396 e. The lowest BCUT2D eigenvalue weighted by Gasteiger charge is -2.07. The molecule has 1 heterocycles. The van der Waals surface area contributed by atoms with Gasteiger partial charge in [0, 0.05) is 18.5 Å². The fourth-order valence-corrected chi connectivity index (χ4v) is 1.68. The monoisotopic (exact) mass is 278 g/mol. The Bertz CT molecular complexity index is 615. The topological polar surface area (TPSA) is 62.2 Å². The highest BCUT2D eigenvalue weighted by molar-refractivity contribution is 6.04. The number of hydrogen-bond acceptors (Lipinski definition) is 3. The van der Waals surface area contributed by atoms with Crippen LogP contribution in [0.3, 0.4) is 0 Å². The zero-order chi connectivity index (χ0) is 14.5. The van der Waals surface area contributed by atoms with E-state index in [1.54, 1.807) is 24.3 Å². The van der Waals surface area contributed by atoms with E-state index < -0.39 is 23.2 Å². The second-order valence-corrected chi connectivity index (χ2v) is 4.09. The lowest BCUT2D eigenvalue weighted by molar-refractivity contribution is 0.102. The van der Waals surface area contributed by atoms with Gasteiger partial charge in [-0.1, -0.05) is 12.1 Å². The smallest absolute Gasteiger partial charge is 0.258 e. The Hall–Kier alpha value is -2.34. The highest BCUT2D eigenvalue weighted by atomic mass is 19.2. The Morgan fingerprint density at radius 2 is 1.90 bits per heavy atom. The summed E-state index contributed by atoms with van der Waals surface area (Å²) in [7, 11) is 0. The molecule has 104 valence electrons. The summed E-state index contributed by atoms with van der Waals surface area (Å²) in [6.07, 6.45) is 1.54. The van der Waals surface area contributed by atoms with E-state index in [2.05, 4.69) is 10.3 Å². The van der Waals surface area contributed by atoms with Crippen LogP contribution in [0.4, 0.5) is 14.5 Å². The van der Waals surface area contributed by atoms with Crippen molar-refractivity contribution in [2.45, 2.75) is 6.42 Å². The summed E-state index contributed by atoms with van der Waals surface area (Å²) in [5.41, 5.74) is 0.955. The first kappa shape index (κ1) is 14.1. The molecule has 0 saturated carbocycles. The van der Waals surface area contributed by atoms with Crippen LogP contribution in [0.2, 0.25) is 0 Å². The van der Waals surface area contributed by atoms with Gasteiger partial charge in [0.1, 0.15) is 0 Å². The zero-order valence-corrected chi connectivity index (χ0v) is 10.4. The minimum absolute atomic E-state index is 0.0349. The van der Waals surface area contributed by atoms with Crippen LogP contribution < -0.4 is 5.32 Å². The number of hydrogen-bond donors (Lipinski definition) is 2. The van der Waals surface area contributed by atoms with Gasteiger partial charge in [0.15, 0.2) is 5.82 Å². The van der Waals surface area contributed by atoms with Crippen molar-refractivity contribution in [3.05, 3.63) is 59.4 Å². The molecule has 0 aliphatic carbocycles. The number of nitrogens with zero attached hydrogens (tertiary/aromatic N) is 1. The van der Waals surface area contributed by atoms with Crippen LogP contribution in [-0.4, -0.2) is 22.6 Å². The normalized spacial score (nSPS) is 10.3. The number of aromatic nitrogens is 1. The molecule has 2 rings (SSSR count). The van der Waals surface area contributed by atoms with E-state index in [0.717, 1.165) is 17.8 Å². The Labute approximate surface area is 114 Å². The Morgan fingerprint density at radius 1 is 1.20 bits per heavy atom. The maximum absolute atomic E-state index is 13.4. The number of halogens is 2. The molecule has 6 heteroatoms. The average molecular weight is 278 g/mol. The van der Waals surface area contributed by atoms with Crippen LogP contribution in [0.25, 0.3) is 0 Å². The fraction of sp³-hybridized carbons (Fsp3) is 0.143. The van der Waals surface area contributed by atoms with Gasteiger partial charge in [-0.2, -0.15) is 4.39 Å². The molecule has 0 atom stereocenters. The van der Waals surface area contributed by atoms with Gasteiger partial charge in [-0.05, 0) is 30.2 Å². The van der Waals surface area contributed by atoms with Crippen molar-refractivity contribution in [2.24, 2.45) is 0 Å². The minimum Gasteiger partial charge on any atom is -0.396 e. The molecule has 2 aromatic rings. The molecule has 1 amide bonds. The molecular weight excluding hydrogens is 266 g/mol. The van der Waals surface area contributed by atoms with E-state index in [9.17, 15) is 13.6 Å². The van der Waals surface area contributed by atoms with Gasteiger partial charge in [-0.15, -0.1) is 0 Å². The summed E-state index contributed by atoms with van der Waals surface area (Å²) in [6.45, 7) is 0.0349. The summed E-state index contributed by atoms with van der Waals surface area (Å²) in [5.74, 6) is -3.34. The quantitative estimate of drug-likeness (QED) is 0.842. The predicted molar refractivity (Wildman–Crippen MR) is 69.3 cm³/mol. The third kappa shape index (κ3) is 3.16. The molecule has 0 spiro atoms. The van der Waals surface area contributed by atoms with Gasteiger partial charge in [0.25, 0.3) is 5.91 Å². The predicted octanol–water partition coefficient (Wildman–Crippen LogP) is 2.15. The molecule has 0 fully saturated rings. The van der Waals surface area contributed by atoms with Crippen molar-refractivity contribution in [3.8, 4) is 0 Å². The SMILES string of the molecule is O=C(Nc1ccc(CCO)cc1)c1ccnc(F)c1F. The van der Waals surface area contributed by atoms with Gasteiger partial charge in [-0.3, -0.25) is 4.79 Å². The van der Waals surface area contributed by atoms with Crippen LogP contribution in [0.5, 0.6) is 0 Å². The van der Waals surface area contributed by atoms with E-state index in [-0.39, 0.29) is 6.61 Å². The number of benzene rings is 1. The van der Waals surface area contributed by atoms with Gasteiger partial charge >= 0.3 is 0 Å². The number of aliphatic hydroxyl groups is 1. The number of carbonyl (C=O) groups is 1. The first-order chi connectivity index (χ1) is 9.61. The van der Waals surface area contributed by atoms with Gasteiger partial charge in [0.2, 0.25) is 5.95 Å². The summed E-state index contributed by atoms with van der Waals surface area (Å²) in [4.78, 5) is 14.9. The van der Waals surface area contributed by atoms with Crippen LogP contribution in [0.1, 0.15) is 15.9 Å². The van der Waals surface area contributed by atoms with Crippen LogP contribution in [0.15, 0.2) is 36.5 Å². The number of amides is 1. The summed E-state index contributed by atoms with van der Waals surface area (Å²) in [5, 5.41) is 11.2. The van der Waals surface area contributed by atoms with Crippen molar-refractivity contribution >= 4 is 11.6 Å². The third-order valence-electron chi connectivity index (χ3n) is 2.70. The lowest BCUT2D eigenvalue weighted by atomic mass is 10.1. The number of nitrogens with one attached hydrogen (secondary N) is 1. The molecule has 2 N–H and O–H groups in total. The van der Waals surface area contributed by atoms with E-state index in [0.29, 0.717) is 12.1 Å². The first-order valence-electron chi connectivity index (χ1n) is 5.93. The molecule has 0 unspecified atom stereocenters. The van der Waals surface area contributed by atoms with Gasteiger partial charge in [-0.25, -0.2) is 9.37 Å². The van der Waals surface area contributed by atoms with E-state index in [1.165, 1.54) is 0 Å². The van der Waals surface area contributed by atoms with Gasteiger partial charge < -0.3 is 10.4 Å². The number of carbonyl (C=O) groups excluding carboxylic acids is 1. The summed E-state index contributed by atoms with van der Waals surface area (Å²) < 4.78 is 26.3. The first-order valence-corrected chi connectivity index (χ1v) is 5.93. The average Bonchev–Trinajstić information content (AvgIpc) is 2.44. The maximum Gasteiger partial charge on any atom is 0.258 e. The van der Waals surface area contributed by atoms with Crippen molar-refractivity contribution in [3.63, 3.8) is 0 Å². The third-order valence-corrected chi connectivity index (χ3v) is 2.70. The zero-order valence-electron chi connectivity index (χ0n) is 10.4. The second-order valence-electron chi connectivity index (χ2n) is 4.09. The van der Waals surface area contributed by atoms with Crippen LogP contribution in [0, 0.1) is 11.8 Å². The van der Waals surface area contributed by atoms with Gasteiger partial charge in [0.05, 0.1) is 5.56 Å². The van der Waals surface area contributed by atoms with Crippen molar-refractivity contribution in [1.29, 1.82) is 0 Å². The number of anilines is 1. The van der Waals surface area contributed by atoms with Crippen molar-refractivity contribution < 1.29 is 18.7 Å². The second kappa shape index (κ2) is 6.21. The standard InChI is InChI=1S/C14H12F2N2O2/c15-12-11(5-7-17-13(12)16)14(20)18-10-3-1-9(2-4-10)6-8-19/h1-5,7,19H,6,8H2,(H,18,20). The molecule has 20 heavy (non-hydrogen) atoms. The Morgan fingerprint density at radius 3 is 2.55 bits per heavy atom. The van der Waals surface area contributed by atoms with E-state index in [1.807, 2.05) is 0 Å². The number of aliphatic hydroxyl groups excluding tert-OH is 1. The molecule has 0 radical (unpaired) electrons. The molecule has 1 aromatic heterocycles. The van der Waals surface area contributed by atoms with Crippen molar-refractivity contribution in [1.82, 2.24) is 4.98 Å². The molecule has 4 nitrogen and oxygen atoms in total.